The highest BCUT2D eigenvalue weighted by Gasteiger charge is 2.24. The van der Waals surface area contributed by atoms with Crippen molar-refractivity contribution in [3.8, 4) is 56.6 Å². The van der Waals surface area contributed by atoms with Gasteiger partial charge in [-0.25, -0.2) is 4.68 Å². The lowest BCUT2D eigenvalue weighted by Gasteiger charge is -2.13. The average molecular weight is 469 g/mol. The van der Waals surface area contributed by atoms with Gasteiger partial charge in [0.05, 0.1) is 11.4 Å². The molecule has 1 heterocycles. The number of hydrogen-bond acceptors (Lipinski definition) is 4. The molecule has 3 N–H and O–H groups in total. The fourth-order valence-electron chi connectivity index (χ4n) is 4.06. The van der Waals surface area contributed by atoms with Crippen LogP contribution in [0.25, 0.3) is 39.3 Å². The molecule has 0 atom stereocenters. The zero-order valence-corrected chi connectivity index (χ0v) is 19.0. The number of phenols is 3. The number of nitrogens with zero attached hydrogens (tertiary/aromatic N) is 2. The van der Waals surface area contributed by atoms with E-state index in [0.29, 0.717) is 10.7 Å². The highest BCUT2D eigenvalue weighted by atomic mass is 35.5. The SMILES string of the molecule is Cc1cc(Cl)ccc1-n1nc(-c2ccc(O)cc2)c(-c2ccc(O)cc2)c1-c1ccc(O)cc1. The van der Waals surface area contributed by atoms with Gasteiger partial charge in [-0.1, -0.05) is 23.7 Å². The van der Waals surface area contributed by atoms with Gasteiger partial charge in [0, 0.05) is 21.7 Å². The molecule has 0 amide bonds. The molecule has 0 bridgehead atoms. The van der Waals surface area contributed by atoms with E-state index in [9.17, 15) is 15.3 Å². The summed E-state index contributed by atoms with van der Waals surface area (Å²) in [5, 5.41) is 35.3. The van der Waals surface area contributed by atoms with Crippen molar-refractivity contribution in [2.24, 2.45) is 0 Å². The predicted molar refractivity (Wildman–Crippen MR) is 135 cm³/mol. The summed E-state index contributed by atoms with van der Waals surface area (Å²) in [6, 6.07) is 26.5. The number of aromatic hydroxyl groups is 3. The predicted octanol–water partition coefficient (Wildman–Crippen LogP) is 6.95. The summed E-state index contributed by atoms with van der Waals surface area (Å²) >= 11 is 6.23. The third-order valence-corrected chi connectivity index (χ3v) is 5.94. The molecule has 34 heavy (non-hydrogen) atoms. The summed E-state index contributed by atoms with van der Waals surface area (Å²) in [6.07, 6.45) is 0. The van der Waals surface area contributed by atoms with Crippen molar-refractivity contribution in [1.82, 2.24) is 9.78 Å². The second kappa shape index (κ2) is 8.61. The van der Waals surface area contributed by atoms with E-state index in [2.05, 4.69) is 0 Å². The second-order valence-electron chi connectivity index (χ2n) is 8.06. The van der Waals surface area contributed by atoms with Gasteiger partial charge in [-0.05, 0) is 96.9 Å². The summed E-state index contributed by atoms with van der Waals surface area (Å²) in [5.41, 5.74) is 6.73. The molecule has 5 nitrogen and oxygen atoms in total. The standard InChI is InChI=1S/C28H21ClN2O3/c1-17-16-21(29)8-15-25(17)31-28(20-6-13-24(34)14-7-20)26(18-2-9-22(32)10-3-18)27(30-31)19-4-11-23(33)12-5-19/h2-16,32-34H,1H3. The summed E-state index contributed by atoms with van der Waals surface area (Å²) < 4.78 is 1.88. The van der Waals surface area contributed by atoms with Crippen LogP contribution in [0.1, 0.15) is 5.56 Å². The van der Waals surface area contributed by atoms with Crippen molar-refractivity contribution in [3.63, 3.8) is 0 Å². The first-order chi connectivity index (χ1) is 16.4. The summed E-state index contributed by atoms with van der Waals surface area (Å²) in [7, 11) is 0. The molecular weight excluding hydrogens is 448 g/mol. The Bertz CT molecular complexity index is 1470. The number of rotatable bonds is 4. The first-order valence-corrected chi connectivity index (χ1v) is 11.1. The molecule has 0 aliphatic rings. The van der Waals surface area contributed by atoms with E-state index < -0.39 is 0 Å². The molecule has 0 fully saturated rings. The van der Waals surface area contributed by atoms with E-state index in [1.807, 2.05) is 66.2 Å². The first-order valence-electron chi connectivity index (χ1n) is 10.7. The Hall–Kier alpha value is -4.22. The Kier molecular flexibility index (Phi) is 5.48. The Labute approximate surface area is 201 Å². The van der Waals surface area contributed by atoms with E-state index in [4.69, 9.17) is 16.7 Å². The highest BCUT2D eigenvalue weighted by molar-refractivity contribution is 6.30. The summed E-state index contributed by atoms with van der Waals surface area (Å²) in [6.45, 7) is 1.98. The van der Waals surface area contributed by atoms with Gasteiger partial charge >= 0.3 is 0 Å². The third-order valence-electron chi connectivity index (χ3n) is 5.71. The van der Waals surface area contributed by atoms with E-state index in [1.165, 1.54) is 0 Å². The van der Waals surface area contributed by atoms with Crippen LogP contribution in [0.15, 0.2) is 91.0 Å². The molecular formula is C28H21ClN2O3. The van der Waals surface area contributed by atoms with E-state index in [-0.39, 0.29) is 17.2 Å². The second-order valence-corrected chi connectivity index (χ2v) is 8.49. The molecule has 0 aliphatic carbocycles. The Balaban J connectivity index is 1.89. The molecule has 0 saturated heterocycles. The number of hydrogen-bond donors (Lipinski definition) is 3. The molecule has 0 aliphatic heterocycles. The maximum atomic E-state index is 9.90. The topological polar surface area (TPSA) is 78.5 Å². The van der Waals surface area contributed by atoms with Crippen molar-refractivity contribution in [2.45, 2.75) is 6.92 Å². The van der Waals surface area contributed by atoms with Crippen LogP contribution in [0.3, 0.4) is 0 Å². The molecule has 4 aromatic carbocycles. The van der Waals surface area contributed by atoms with Crippen LogP contribution < -0.4 is 0 Å². The van der Waals surface area contributed by atoms with E-state index in [1.54, 1.807) is 36.4 Å². The fourth-order valence-corrected chi connectivity index (χ4v) is 4.28. The van der Waals surface area contributed by atoms with Crippen molar-refractivity contribution in [3.05, 3.63) is 102 Å². The minimum atomic E-state index is 0.168. The van der Waals surface area contributed by atoms with Crippen LogP contribution in [0.4, 0.5) is 0 Å². The van der Waals surface area contributed by atoms with Gasteiger partial charge in [0.25, 0.3) is 0 Å². The van der Waals surface area contributed by atoms with Gasteiger partial charge in [0.15, 0.2) is 0 Å². The average Bonchev–Trinajstić information content (AvgIpc) is 3.21. The summed E-state index contributed by atoms with van der Waals surface area (Å²) in [4.78, 5) is 0. The molecule has 0 saturated carbocycles. The van der Waals surface area contributed by atoms with Crippen LogP contribution in [0, 0.1) is 6.92 Å². The lowest BCUT2D eigenvalue weighted by Crippen LogP contribution is -2.02. The van der Waals surface area contributed by atoms with Gasteiger partial charge < -0.3 is 15.3 Å². The minimum Gasteiger partial charge on any atom is -0.508 e. The van der Waals surface area contributed by atoms with Gasteiger partial charge in [0.1, 0.15) is 22.9 Å². The van der Waals surface area contributed by atoms with Gasteiger partial charge in [-0.15, -0.1) is 0 Å². The van der Waals surface area contributed by atoms with Crippen LogP contribution >= 0.6 is 11.6 Å². The first kappa shape index (κ1) is 21.6. The Morgan fingerprint density at radius 3 is 1.68 bits per heavy atom. The number of benzene rings is 4. The monoisotopic (exact) mass is 468 g/mol. The third kappa shape index (κ3) is 3.98. The molecule has 0 radical (unpaired) electrons. The molecule has 6 heteroatoms. The van der Waals surface area contributed by atoms with Gasteiger partial charge in [-0.2, -0.15) is 5.10 Å². The smallest absolute Gasteiger partial charge is 0.115 e. The molecule has 0 spiro atoms. The number of phenolic OH excluding ortho intramolecular Hbond substituents is 3. The number of halogens is 1. The van der Waals surface area contributed by atoms with E-state index >= 15 is 0 Å². The molecule has 168 valence electrons. The minimum absolute atomic E-state index is 0.168. The van der Waals surface area contributed by atoms with Crippen LogP contribution in [-0.2, 0) is 0 Å². The van der Waals surface area contributed by atoms with Crippen molar-refractivity contribution in [2.75, 3.05) is 0 Å². The molecule has 0 unspecified atom stereocenters. The normalized spacial score (nSPS) is 11.0. The zero-order chi connectivity index (χ0) is 23.8. The Morgan fingerprint density at radius 1 is 0.647 bits per heavy atom. The number of aryl methyl sites for hydroxylation is 1. The lowest BCUT2D eigenvalue weighted by molar-refractivity contribution is 0.475. The van der Waals surface area contributed by atoms with E-state index in [0.717, 1.165) is 39.2 Å². The highest BCUT2D eigenvalue weighted by Crippen LogP contribution is 2.42. The lowest BCUT2D eigenvalue weighted by atomic mass is 9.95. The quantitative estimate of drug-likeness (QED) is 0.266. The van der Waals surface area contributed by atoms with Crippen LogP contribution in [0.5, 0.6) is 17.2 Å². The van der Waals surface area contributed by atoms with Crippen molar-refractivity contribution in [1.29, 1.82) is 0 Å². The molecule has 5 rings (SSSR count). The molecule has 5 aromatic rings. The van der Waals surface area contributed by atoms with Gasteiger partial charge in [-0.3, -0.25) is 0 Å². The van der Waals surface area contributed by atoms with Crippen LogP contribution in [-0.4, -0.2) is 25.1 Å². The van der Waals surface area contributed by atoms with Crippen molar-refractivity contribution >= 4 is 11.6 Å². The van der Waals surface area contributed by atoms with Crippen molar-refractivity contribution < 1.29 is 15.3 Å². The van der Waals surface area contributed by atoms with Gasteiger partial charge in [0.2, 0.25) is 0 Å². The maximum absolute atomic E-state index is 9.90. The zero-order valence-electron chi connectivity index (χ0n) is 18.3. The summed E-state index contributed by atoms with van der Waals surface area (Å²) in [5.74, 6) is 0.506. The fraction of sp³-hybridized carbons (Fsp3) is 0.0357. The Morgan fingerprint density at radius 2 is 1.15 bits per heavy atom. The molecule has 1 aromatic heterocycles. The van der Waals surface area contributed by atoms with Crippen LogP contribution in [0.2, 0.25) is 5.02 Å². The largest absolute Gasteiger partial charge is 0.508 e. The number of aromatic nitrogens is 2. The maximum Gasteiger partial charge on any atom is 0.115 e.